The Morgan fingerprint density at radius 2 is 2.24 bits per heavy atom. The van der Waals surface area contributed by atoms with Gasteiger partial charge in [0.2, 0.25) is 0 Å². The van der Waals surface area contributed by atoms with E-state index in [2.05, 4.69) is 4.98 Å². The Kier molecular flexibility index (Phi) is 3.99. The lowest BCUT2D eigenvalue weighted by molar-refractivity contribution is 0.0145. The molecule has 0 aromatic carbocycles. The molecule has 116 valence electrons. The van der Waals surface area contributed by atoms with Crippen LogP contribution in [-0.2, 0) is 5.92 Å². The van der Waals surface area contributed by atoms with E-state index in [9.17, 15) is 18.7 Å². The molecule has 1 aliphatic rings. The summed E-state index contributed by atoms with van der Waals surface area (Å²) in [5.41, 5.74) is -0.371. The molecule has 6 nitrogen and oxygen atoms in total. The molecule has 0 aliphatic carbocycles. The van der Waals surface area contributed by atoms with Gasteiger partial charge in [-0.3, -0.25) is 0 Å². The zero-order valence-electron chi connectivity index (χ0n) is 12.0. The first-order valence-electron chi connectivity index (χ1n) is 6.49. The van der Waals surface area contributed by atoms with Crippen molar-refractivity contribution in [3.05, 3.63) is 17.8 Å². The SMILES string of the molecule is CCOc1cnc(N2C(=O)N(C)CC2O)cc1C(C)(F)F. The molecule has 1 N–H and O–H groups in total. The van der Waals surface area contributed by atoms with E-state index in [1.807, 2.05) is 0 Å². The van der Waals surface area contributed by atoms with E-state index >= 15 is 0 Å². The van der Waals surface area contributed by atoms with Crippen molar-refractivity contribution in [2.75, 3.05) is 25.1 Å². The summed E-state index contributed by atoms with van der Waals surface area (Å²) in [5.74, 6) is -3.22. The van der Waals surface area contributed by atoms with Crippen LogP contribution in [0.5, 0.6) is 5.75 Å². The number of halogens is 2. The van der Waals surface area contributed by atoms with E-state index in [4.69, 9.17) is 4.74 Å². The highest BCUT2D eigenvalue weighted by molar-refractivity contribution is 5.93. The first kappa shape index (κ1) is 15.4. The van der Waals surface area contributed by atoms with Gasteiger partial charge in [0.1, 0.15) is 11.6 Å². The number of likely N-dealkylation sites (N-methyl/N-ethyl adjacent to an activating group) is 1. The second-order valence-corrected chi connectivity index (χ2v) is 4.87. The van der Waals surface area contributed by atoms with E-state index in [1.165, 1.54) is 11.9 Å². The van der Waals surface area contributed by atoms with Gasteiger partial charge in [-0.1, -0.05) is 0 Å². The van der Waals surface area contributed by atoms with Crippen molar-refractivity contribution in [3.8, 4) is 5.75 Å². The Labute approximate surface area is 120 Å². The predicted octanol–water partition coefficient (Wildman–Crippen LogP) is 1.78. The summed E-state index contributed by atoms with van der Waals surface area (Å²) in [6.07, 6.45) is 0.0236. The highest BCUT2D eigenvalue weighted by Crippen LogP contribution is 2.37. The number of anilines is 1. The van der Waals surface area contributed by atoms with Gasteiger partial charge in [-0.25, -0.2) is 23.5 Å². The van der Waals surface area contributed by atoms with Crippen molar-refractivity contribution in [3.63, 3.8) is 0 Å². The number of ether oxygens (including phenoxy) is 1. The lowest BCUT2D eigenvalue weighted by Gasteiger charge is -2.21. The van der Waals surface area contributed by atoms with Gasteiger partial charge in [-0.2, -0.15) is 0 Å². The number of carbonyl (C=O) groups excluding carboxylic acids is 1. The first-order valence-corrected chi connectivity index (χ1v) is 6.49. The van der Waals surface area contributed by atoms with Crippen LogP contribution in [0.3, 0.4) is 0 Å². The largest absolute Gasteiger partial charge is 0.492 e. The van der Waals surface area contributed by atoms with Crippen molar-refractivity contribution in [1.82, 2.24) is 9.88 Å². The molecule has 0 saturated carbocycles. The summed E-state index contributed by atoms with van der Waals surface area (Å²) >= 11 is 0. The molecule has 21 heavy (non-hydrogen) atoms. The average Bonchev–Trinajstić information content (AvgIpc) is 2.63. The molecule has 2 rings (SSSR count). The fourth-order valence-electron chi connectivity index (χ4n) is 2.14. The summed E-state index contributed by atoms with van der Waals surface area (Å²) < 4.78 is 32.5. The normalized spacial score (nSPS) is 19.3. The van der Waals surface area contributed by atoms with Crippen LogP contribution < -0.4 is 9.64 Å². The van der Waals surface area contributed by atoms with Gasteiger partial charge < -0.3 is 14.7 Å². The number of aliphatic hydroxyl groups excluding tert-OH is 1. The molecular weight excluding hydrogens is 284 g/mol. The van der Waals surface area contributed by atoms with Crippen molar-refractivity contribution in [1.29, 1.82) is 0 Å². The van der Waals surface area contributed by atoms with Gasteiger partial charge in [0.05, 0.1) is 24.9 Å². The van der Waals surface area contributed by atoms with Crippen molar-refractivity contribution in [2.24, 2.45) is 0 Å². The van der Waals surface area contributed by atoms with Gasteiger partial charge in [0.25, 0.3) is 5.92 Å². The zero-order chi connectivity index (χ0) is 15.8. The van der Waals surface area contributed by atoms with Gasteiger partial charge >= 0.3 is 6.03 Å². The highest BCUT2D eigenvalue weighted by Gasteiger charge is 2.37. The topological polar surface area (TPSA) is 65.9 Å². The Morgan fingerprint density at radius 1 is 1.57 bits per heavy atom. The van der Waals surface area contributed by atoms with Gasteiger partial charge in [0.15, 0.2) is 6.23 Å². The number of alkyl halides is 2. The fourth-order valence-corrected chi connectivity index (χ4v) is 2.14. The number of hydrogen-bond acceptors (Lipinski definition) is 4. The minimum absolute atomic E-state index is 0.0307. The summed E-state index contributed by atoms with van der Waals surface area (Å²) in [6, 6.07) is 0.579. The van der Waals surface area contributed by atoms with E-state index in [-0.39, 0.29) is 30.3 Å². The van der Waals surface area contributed by atoms with Crippen molar-refractivity contribution >= 4 is 11.8 Å². The lowest BCUT2D eigenvalue weighted by Crippen LogP contribution is -2.35. The number of hydrogen-bond donors (Lipinski definition) is 1. The number of carbonyl (C=O) groups is 1. The van der Waals surface area contributed by atoms with E-state index < -0.39 is 18.2 Å². The molecule has 0 spiro atoms. The van der Waals surface area contributed by atoms with E-state index in [0.717, 1.165) is 24.1 Å². The molecule has 1 atom stereocenters. The third-order valence-electron chi connectivity index (χ3n) is 3.14. The lowest BCUT2D eigenvalue weighted by atomic mass is 10.1. The molecule has 1 aromatic heterocycles. The highest BCUT2D eigenvalue weighted by atomic mass is 19.3. The molecule has 1 aliphatic heterocycles. The van der Waals surface area contributed by atoms with Crippen LogP contribution in [0.2, 0.25) is 0 Å². The smallest absolute Gasteiger partial charge is 0.327 e. The van der Waals surface area contributed by atoms with Crippen LogP contribution in [0.25, 0.3) is 0 Å². The third-order valence-corrected chi connectivity index (χ3v) is 3.14. The molecule has 1 aromatic rings. The molecular formula is C13H17F2N3O3. The maximum atomic E-state index is 13.7. The van der Waals surface area contributed by atoms with Gasteiger partial charge in [-0.15, -0.1) is 0 Å². The van der Waals surface area contributed by atoms with Crippen LogP contribution in [0, 0.1) is 0 Å². The molecule has 8 heteroatoms. The summed E-state index contributed by atoms with van der Waals surface area (Å²) in [5, 5.41) is 9.85. The predicted molar refractivity (Wildman–Crippen MR) is 71.5 cm³/mol. The van der Waals surface area contributed by atoms with Crippen LogP contribution in [0.4, 0.5) is 19.4 Å². The summed E-state index contributed by atoms with van der Waals surface area (Å²) in [4.78, 5) is 18.1. The second-order valence-electron chi connectivity index (χ2n) is 4.87. The monoisotopic (exact) mass is 301 g/mol. The molecule has 1 saturated heterocycles. The molecule has 2 amide bonds. The number of nitrogens with zero attached hydrogens (tertiary/aromatic N) is 3. The number of aromatic nitrogens is 1. The fraction of sp³-hybridized carbons (Fsp3) is 0.538. The number of aliphatic hydroxyl groups is 1. The van der Waals surface area contributed by atoms with E-state index in [1.54, 1.807) is 6.92 Å². The standard InChI is InChI=1S/C13H17F2N3O3/c1-4-21-9-6-16-10(5-8(9)13(2,14)15)18-11(19)7-17(3)12(18)20/h5-6,11,19H,4,7H2,1-3H3. The molecule has 1 unspecified atom stereocenters. The Bertz CT molecular complexity index is 548. The quantitative estimate of drug-likeness (QED) is 0.920. The summed E-state index contributed by atoms with van der Waals surface area (Å²) in [7, 11) is 1.51. The number of urea groups is 1. The first-order chi connectivity index (χ1) is 9.75. The van der Waals surface area contributed by atoms with Crippen LogP contribution >= 0.6 is 0 Å². The number of rotatable bonds is 4. The molecule has 0 radical (unpaired) electrons. The third kappa shape index (κ3) is 2.90. The van der Waals surface area contributed by atoms with Gasteiger partial charge in [0, 0.05) is 14.0 Å². The Balaban J connectivity index is 2.45. The Hall–Kier alpha value is -1.96. The minimum atomic E-state index is -3.15. The number of β-amino-alcohol motifs (C(OH)–C–C–N with tert-alkyl or cyclic N) is 1. The maximum Gasteiger partial charge on any atom is 0.327 e. The zero-order valence-corrected chi connectivity index (χ0v) is 12.0. The minimum Gasteiger partial charge on any atom is -0.492 e. The van der Waals surface area contributed by atoms with E-state index in [0.29, 0.717) is 0 Å². The molecule has 2 heterocycles. The Morgan fingerprint density at radius 3 is 2.71 bits per heavy atom. The molecule has 1 fully saturated rings. The maximum absolute atomic E-state index is 13.7. The second kappa shape index (κ2) is 5.44. The van der Waals surface area contributed by atoms with Crippen molar-refractivity contribution in [2.45, 2.75) is 26.0 Å². The van der Waals surface area contributed by atoms with Crippen molar-refractivity contribution < 1.29 is 23.4 Å². The number of amides is 2. The van der Waals surface area contributed by atoms with Crippen LogP contribution in [-0.4, -0.2) is 47.4 Å². The van der Waals surface area contributed by atoms with Gasteiger partial charge in [-0.05, 0) is 13.0 Å². The average molecular weight is 301 g/mol. The summed E-state index contributed by atoms with van der Waals surface area (Å²) in [6.45, 7) is 2.72. The van der Waals surface area contributed by atoms with Crippen LogP contribution in [0.15, 0.2) is 12.3 Å². The number of pyridine rings is 1. The van der Waals surface area contributed by atoms with Crippen LogP contribution in [0.1, 0.15) is 19.4 Å². The molecule has 0 bridgehead atoms.